The third-order valence-corrected chi connectivity index (χ3v) is 7.48. The summed E-state index contributed by atoms with van der Waals surface area (Å²) in [5.41, 5.74) is 7.76. The molecule has 0 aliphatic carbocycles. The lowest BCUT2D eigenvalue weighted by Crippen LogP contribution is -2.42. The lowest BCUT2D eigenvalue weighted by atomic mass is 9.82. The number of sulfonamides is 1. The summed E-state index contributed by atoms with van der Waals surface area (Å²) in [6.45, 7) is 2.43. The molecule has 0 amide bonds. The number of methoxy groups -OCH3 is 1. The fourth-order valence-electron chi connectivity index (χ4n) is 3.50. The molecule has 0 fully saturated rings. The number of nitrogens with two attached hydrogens (primary N) is 1. The van der Waals surface area contributed by atoms with Crippen molar-refractivity contribution in [2.45, 2.75) is 30.1 Å². The van der Waals surface area contributed by atoms with E-state index in [1.807, 2.05) is 19.1 Å². The SMILES string of the molecule is COc1ccc(S(=O)(=O)Nc2ccc3c(c2)C2(CSC(N)=N2)C(C)OC3)cc1. The number of fused-ring (bicyclic) bond motifs is 2. The van der Waals surface area contributed by atoms with Crippen LogP contribution in [0.15, 0.2) is 52.4 Å². The van der Waals surface area contributed by atoms with Crippen LogP contribution >= 0.6 is 11.8 Å². The van der Waals surface area contributed by atoms with Gasteiger partial charge < -0.3 is 15.2 Å². The van der Waals surface area contributed by atoms with E-state index in [0.29, 0.717) is 29.0 Å². The Kier molecular flexibility index (Phi) is 4.76. The van der Waals surface area contributed by atoms with Crippen molar-refractivity contribution in [1.29, 1.82) is 0 Å². The Morgan fingerprint density at radius 1 is 1.29 bits per heavy atom. The molecule has 0 radical (unpaired) electrons. The van der Waals surface area contributed by atoms with E-state index in [1.54, 1.807) is 18.2 Å². The molecule has 28 heavy (non-hydrogen) atoms. The van der Waals surface area contributed by atoms with Crippen LogP contribution < -0.4 is 15.2 Å². The van der Waals surface area contributed by atoms with E-state index < -0.39 is 15.6 Å². The second-order valence-electron chi connectivity index (χ2n) is 6.77. The molecule has 1 spiro atoms. The standard InChI is InChI=1S/C19H21N3O4S2/c1-12-19(11-27-18(20)21-19)17-9-14(4-3-13(17)10-26-12)22-28(23,24)16-7-5-15(25-2)6-8-16/h3-9,12,22H,10-11H2,1-2H3,(H2,20,21). The summed E-state index contributed by atoms with van der Waals surface area (Å²) in [5.74, 6) is 1.26. The molecule has 3 N–H and O–H groups in total. The summed E-state index contributed by atoms with van der Waals surface area (Å²) in [5, 5.41) is 0.521. The summed E-state index contributed by atoms with van der Waals surface area (Å²) < 4.78 is 39.2. The number of hydrogen-bond donors (Lipinski definition) is 2. The molecule has 0 saturated heterocycles. The smallest absolute Gasteiger partial charge is 0.261 e. The predicted molar refractivity (Wildman–Crippen MR) is 110 cm³/mol. The van der Waals surface area contributed by atoms with E-state index in [4.69, 9.17) is 15.2 Å². The monoisotopic (exact) mass is 419 g/mol. The van der Waals surface area contributed by atoms with Crippen LogP contribution in [-0.2, 0) is 26.9 Å². The molecule has 0 bridgehead atoms. The fourth-order valence-corrected chi connectivity index (χ4v) is 5.60. The van der Waals surface area contributed by atoms with Gasteiger partial charge in [-0.1, -0.05) is 17.8 Å². The van der Waals surface area contributed by atoms with Crippen molar-refractivity contribution >= 4 is 32.6 Å². The molecule has 2 aromatic rings. The number of rotatable bonds is 4. The molecule has 2 aromatic carbocycles. The second-order valence-corrected chi connectivity index (χ2v) is 9.45. The Hall–Kier alpha value is -2.23. The van der Waals surface area contributed by atoms with Crippen molar-refractivity contribution < 1.29 is 17.9 Å². The second kappa shape index (κ2) is 6.98. The number of ether oxygens (including phenoxy) is 2. The van der Waals surface area contributed by atoms with E-state index in [-0.39, 0.29) is 11.0 Å². The Balaban J connectivity index is 1.69. The highest BCUT2D eigenvalue weighted by molar-refractivity contribution is 8.14. The lowest BCUT2D eigenvalue weighted by molar-refractivity contribution is -0.00896. The molecule has 2 aliphatic rings. The number of nitrogens with zero attached hydrogens (tertiary/aromatic N) is 1. The number of nitrogens with one attached hydrogen (secondary N) is 1. The number of anilines is 1. The number of thioether (sulfide) groups is 1. The number of amidine groups is 1. The predicted octanol–water partition coefficient (Wildman–Crippen LogP) is 2.67. The maximum Gasteiger partial charge on any atom is 0.261 e. The van der Waals surface area contributed by atoms with E-state index >= 15 is 0 Å². The average molecular weight is 420 g/mol. The minimum Gasteiger partial charge on any atom is -0.497 e. The van der Waals surface area contributed by atoms with Gasteiger partial charge in [0.25, 0.3) is 10.0 Å². The Bertz CT molecular complexity index is 1040. The molecule has 4 rings (SSSR count). The lowest BCUT2D eigenvalue weighted by Gasteiger charge is -2.38. The Morgan fingerprint density at radius 2 is 2.04 bits per heavy atom. The van der Waals surface area contributed by atoms with Gasteiger partial charge in [0.15, 0.2) is 5.17 Å². The van der Waals surface area contributed by atoms with Crippen LogP contribution in [0.5, 0.6) is 5.75 Å². The third kappa shape index (κ3) is 3.23. The first-order chi connectivity index (χ1) is 13.3. The summed E-state index contributed by atoms with van der Waals surface area (Å²) >= 11 is 1.49. The molecule has 7 nitrogen and oxygen atoms in total. The molecule has 0 saturated carbocycles. The van der Waals surface area contributed by atoms with Crippen LogP contribution in [0.4, 0.5) is 5.69 Å². The van der Waals surface area contributed by atoms with Gasteiger partial charge in [0, 0.05) is 11.4 Å². The summed E-state index contributed by atoms with van der Waals surface area (Å²) in [7, 11) is -2.19. The van der Waals surface area contributed by atoms with Crippen molar-refractivity contribution in [3.05, 3.63) is 53.6 Å². The van der Waals surface area contributed by atoms with E-state index in [2.05, 4.69) is 9.71 Å². The first-order valence-corrected chi connectivity index (χ1v) is 11.2. The fraction of sp³-hybridized carbons (Fsp3) is 0.316. The molecule has 148 valence electrons. The molecule has 2 atom stereocenters. The van der Waals surface area contributed by atoms with Crippen molar-refractivity contribution in [1.82, 2.24) is 0 Å². The highest BCUT2D eigenvalue weighted by Gasteiger charge is 2.46. The molecular weight excluding hydrogens is 398 g/mol. The highest BCUT2D eigenvalue weighted by Crippen LogP contribution is 2.45. The van der Waals surface area contributed by atoms with Crippen LogP contribution in [0, 0.1) is 0 Å². The van der Waals surface area contributed by atoms with Crippen LogP contribution in [0.3, 0.4) is 0 Å². The molecule has 2 aliphatic heterocycles. The Labute approximate surface area is 168 Å². The van der Waals surface area contributed by atoms with E-state index in [9.17, 15) is 8.42 Å². The van der Waals surface area contributed by atoms with Gasteiger partial charge in [0.2, 0.25) is 0 Å². The van der Waals surface area contributed by atoms with Gasteiger partial charge in [-0.2, -0.15) is 0 Å². The minimum absolute atomic E-state index is 0.151. The van der Waals surface area contributed by atoms with Crippen molar-refractivity contribution in [3.8, 4) is 5.75 Å². The number of aliphatic imine (C=N–C) groups is 1. The van der Waals surface area contributed by atoms with Gasteiger partial charge in [0.1, 0.15) is 11.3 Å². The van der Waals surface area contributed by atoms with E-state index in [0.717, 1.165) is 11.1 Å². The van der Waals surface area contributed by atoms with Crippen molar-refractivity contribution in [2.24, 2.45) is 10.7 Å². The van der Waals surface area contributed by atoms with Gasteiger partial charge in [-0.3, -0.25) is 4.72 Å². The first kappa shape index (κ1) is 19.1. The van der Waals surface area contributed by atoms with Crippen molar-refractivity contribution in [2.75, 3.05) is 17.6 Å². The minimum atomic E-state index is -3.73. The van der Waals surface area contributed by atoms with Gasteiger partial charge in [0.05, 0.1) is 24.7 Å². The Morgan fingerprint density at radius 3 is 2.68 bits per heavy atom. The first-order valence-electron chi connectivity index (χ1n) is 8.74. The summed E-state index contributed by atoms with van der Waals surface area (Å²) in [6.07, 6.45) is -0.151. The normalized spacial score (nSPS) is 23.9. The molecule has 2 heterocycles. The zero-order valence-corrected chi connectivity index (χ0v) is 17.1. The van der Waals surface area contributed by atoms with Crippen molar-refractivity contribution in [3.63, 3.8) is 0 Å². The quantitative estimate of drug-likeness (QED) is 0.790. The van der Waals surface area contributed by atoms with Crippen LogP contribution in [-0.4, -0.2) is 32.6 Å². The zero-order chi connectivity index (χ0) is 19.9. The van der Waals surface area contributed by atoms with Crippen LogP contribution in [0.1, 0.15) is 18.1 Å². The maximum atomic E-state index is 12.8. The van der Waals surface area contributed by atoms with Gasteiger partial charge in [-0.05, 0) is 54.4 Å². The largest absolute Gasteiger partial charge is 0.497 e. The highest BCUT2D eigenvalue weighted by atomic mass is 32.2. The van der Waals surface area contributed by atoms with Gasteiger partial charge in [-0.25, -0.2) is 13.4 Å². The number of hydrogen-bond acceptors (Lipinski definition) is 7. The average Bonchev–Trinajstić information content (AvgIpc) is 3.08. The summed E-state index contributed by atoms with van der Waals surface area (Å²) in [4.78, 5) is 4.82. The molecule has 0 aromatic heterocycles. The van der Waals surface area contributed by atoms with Crippen LogP contribution in [0.2, 0.25) is 0 Å². The number of benzene rings is 2. The van der Waals surface area contributed by atoms with Gasteiger partial charge >= 0.3 is 0 Å². The third-order valence-electron chi connectivity index (χ3n) is 5.11. The van der Waals surface area contributed by atoms with E-state index in [1.165, 1.54) is 31.0 Å². The summed E-state index contributed by atoms with van der Waals surface area (Å²) in [6, 6.07) is 11.7. The van der Waals surface area contributed by atoms with Gasteiger partial charge in [-0.15, -0.1) is 0 Å². The molecule has 9 heteroatoms. The molecular formula is C19H21N3O4S2. The topological polar surface area (TPSA) is 103 Å². The zero-order valence-electron chi connectivity index (χ0n) is 15.5. The maximum absolute atomic E-state index is 12.8. The van der Waals surface area contributed by atoms with Crippen LogP contribution in [0.25, 0.3) is 0 Å². The molecule has 2 unspecified atom stereocenters.